The van der Waals surface area contributed by atoms with E-state index in [1.807, 2.05) is 30.3 Å². The molecule has 0 atom stereocenters. The van der Waals surface area contributed by atoms with Gasteiger partial charge in [0.05, 0.1) is 23.3 Å². The predicted molar refractivity (Wildman–Crippen MR) is 101 cm³/mol. The standard InChI is InChI=1S/C20H20ClN3O2/c21-15-7-1-3-9-17(15)26-18-10-4-2-8-16(18)23-13-19(25)24-20(14-22)11-5-6-12-20/h1-4,7-10,23H,5-6,11-13H2,(H,24,25). The third kappa shape index (κ3) is 4.27. The van der Waals surface area contributed by atoms with Crippen LogP contribution >= 0.6 is 11.6 Å². The molecule has 0 aromatic heterocycles. The Kier molecular flexibility index (Phi) is 5.65. The summed E-state index contributed by atoms with van der Waals surface area (Å²) in [6, 6.07) is 16.8. The van der Waals surface area contributed by atoms with E-state index in [4.69, 9.17) is 16.3 Å². The molecule has 1 fully saturated rings. The van der Waals surface area contributed by atoms with Crippen LogP contribution in [0.2, 0.25) is 5.02 Å². The monoisotopic (exact) mass is 369 g/mol. The topological polar surface area (TPSA) is 74.2 Å². The van der Waals surface area contributed by atoms with Gasteiger partial charge >= 0.3 is 0 Å². The molecule has 0 unspecified atom stereocenters. The van der Waals surface area contributed by atoms with E-state index in [2.05, 4.69) is 16.7 Å². The van der Waals surface area contributed by atoms with E-state index in [0.717, 1.165) is 12.8 Å². The molecule has 0 bridgehead atoms. The van der Waals surface area contributed by atoms with Crippen LogP contribution in [0.15, 0.2) is 48.5 Å². The summed E-state index contributed by atoms with van der Waals surface area (Å²) in [5.74, 6) is 0.910. The average molecular weight is 370 g/mol. The smallest absolute Gasteiger partial charge is 0.240 e. The molecular weight excluding hydrogens is 350 g/mol. The molecule has 2 aromatic carbocycles. The van der Waals surface area contributed by atoms with Crippen molar-refractivity contribution >= 4 is 23.2 Å². The van der Waals surface area contributed by atoms with Crippen molar-refractivity contribution in [3.8, 4) is 17.6 Å². The largest absolute Gasteiger partial charge is 0.454 e. The molecule has 1 saturated carbocycles. The zero-order valence-corrected chi connectivity index (χ0v) is 15.1. The summed E-state index contributed by atoms with van der Waals surface area (Å²) in [6.45, 7) is 0.0618. The zero-order valence-electron chi connectivity index (χ0n) is 14.3. The lowest BCUT2D eigenvalue weighted by Gasteiger charge is -2.22. The molecule has 0 saturated heterocycles. The lowest BCUT2D eigenvalue weighted by molar-refractivity contribution is -0.120. The van der Waals surface area contributed by atoms with Crippen molar-refractivity contribution in [2.24, 2.45) is 0 Å². The molecule has 0 spiro atoms. The maximum Gasteiger partial charge on any atom is 0.240 e. The van der Waals surface area contributed by atoms with Gasteiger partial charge < -0.3 is 15.4 Å². The number of nitriles is 1. The highest BCUT2D eigenvalue weighted by Gasteiger charge is 2.35. The lowest BCUT2D eigenvalue weighted by Crippen LogP contribution is -2.47. The van der Waals surface area contributed by atoms with Crippen molar-refractivity contribution in [2.75, 3.05) is 11.9 Å². The predicted octanol–water partition coefficient (Wildman–Crippen LogP) is 4.50. The summed E-state index contributed by atoms with van der Waals surface area (Å²) in [4.78, 5) is 12.3. The van der Waals surface area contributed by atoms with Crippen molar-refractivity contribution in [2.45, 2.75) is 31.2 Å². The van der Waals surface area contributed by atoms with Crippen molar-refractivity contribution in [1.82, 2.24) is 5.32 Å². The number of para-hydroxylation sites is 3. The molecule has 3 rings (SSSR count). The molecule has 6 heteroatoms. The number of hydrogen-bond donors (Lipinski definition) is 2. The Morgan fingerprint density at radius 1 is 1.12 bits per heavy atom. The van der Waals surface area contributed by atoms with E-state index >= 15 is 0 Å². The molecule has 0 aliphatic heterocycles. The molecule has 0 radical (unpaired) electrons. The molecule has 1 amide bonds. The first-order chi connectivity index (χ1) is 12.6. The van der Waals surface area contributed by atoms with E-state index in [9.17, 15) is 10.1 Å². The highest BCUT2D eigenvalue weighted by molar-refractivity contribution is 6.32. The van der Waals surface area contributed by atoms with Crippen LogP contribution in [-0.2, 0) is 4.79 Å². The van der Waals surface area contributed by atoms with Crippen LogP contribution in [0.1, 0.15) is 25.7 Å². The van der Waals surface area contributed by atoms with Gasteiger partial charge in [0, 0.05) is 0 Å². The minimum atomic E-state index is -0.716. The van der Waals surface area contributed by atoms with E-state index in [1.165, 1.54) is 0 Å². The van der Waals surface area contributed by atoms with Crippen molar-refractivity contribution < 1.29 is 9.53 Å². The number of nitrogens with zero attached hydrogens (tertiary/aromatic N) is 1. The highest BCUT2D eigenvalue weighted by Crippen LogP contribution is 2.33. The second kappa shape index (κ2) is 8.11. The van der Waals surface area contributed by atoms with E-state index < -0.39 is 5.54 Å². The van der Waals surface area contributed by atoms with Crippen LogP contribution in [0.4, 0.5) is 5.69 Å². The van der Waals surface area contributed by atoms with Gasteiger partial charge in [-0.05, 0) is 49.9 Å². The van der Waals surface area contributed by atoms with Crippen LogP contribution in [-0.4, -0.2) is 18.0 Å². The molecule has 5 nitrogen and oxygen atoms in total. The van der Waals surface area contributed by atoms with Gasteiger partial charge in [0.15, 0.2) is 5.75 Å². The minimum Gasteiger partial charge on any atom is -0.454 e. The number of rotatable bonds is 6. The molecule has 2 aromatic rings. The molecule has 1 aliphatic rings. The first-order valence-electron chi connectivity index (χ1n) is 8.59. The minimum absolute atomic E-state index is 0.0618. The molecule has 2 N–H and O–H groups in total. The second-order valence-corrected chi connectivity index (χ2v) is 6.74. The number of anilines is 1. The van der Waals surface area contributed by atoms with Crippen LogP contribution in [0, 0.1) is 11.3 Å². The van der Waals surface area contributed by atoms with Gasteiger partial charge in [-0.25, -0.2) is 0 Å². The van der Waals surface area contributed by atoms with Crippen molar-refractivity contribution in [1.29, 1.82) is 5.26 Å². The van der Waals surface area contributed by atoms with Gasteiger partial charge in [0.2, 0.25) is 5.91 Å². The Labute approximate surface area is 157 Å². The van der Waals surface area contributed by atoms with Crippen LogP contribution in [0.3, 0.4) is 0 Å². The van der Waals surface area contributed by atoms with Crippen molar-refractivity contribution in [3.05, 3.63) is 53.6 Å². The van der Waals surface area contributed by atoms with Crippen LogP contribution in [0.25, 0.3) is 0 Å². The van der Waals surface area contributed by atoms with E-state index in [0.29, 0.717) is 35.1 Å². The summed E-state index contributed by atoms with van der Waals surface area (Å²) in [5, 5.41) is 15.8. The molecule has 26 heavy (non-hydrogen) atoms. The Morgan fingerprint density at radius 3 is 2.46 bits per heavy atom. The number of amides is 1. The van der Waals surface area contributed by atoms with Gasteiger partial charge in [-0.15, -0.1) is 0 Å². The first kappa shape index (κ1) is 18.1. The van der Waals surface area contributed by atoms with Gasteiger partial charge in [-0.3, -0.25) is 4.79 Å². The quantitative estimate of drug-likeness (QED) is 0.786. The number of carbonyl (C=O) groups is 1. The normalized spacial score (nSPS) is 15.1. The van der Waals surface area contributed by atoms with Gasteiger partial charge in [0.1, 0.15) is 11.3 Å². The summed E-state index contributed by atoms with van der Waals surface area (Å²) < 4.78 is 5.87. The Hall–Kier alpha value is -2.71. The molecule has 134 valence electrons. The van der Waals surface area contributed by atoms with Gasteiger partial charge in [-0.1, -0.05) is 35.9 Å². The zero-order chi connectivity index (χ0) is 18.4. The Morgan fingerprint density at radius 2 is 1.77 bits per heavy atom. The fourth-order valence-electron chi connectivity index (χ4n) is 3.08. The molecule has 1 aliphatic carbocycles. The number of halogens is 1. The van der Waals surface area contributed by atoms with E-state index in [-0.39, 0.29) is 12.5 Å². The van der Waals surface area contributed by atoms with E-state index in [1.54, 1.807) is 18.2 Å². The highest BCUT2D eigenvalue weighted by atomic mass is 35.5. The first-order valence-corrected chi connectivity index (χ1v) is 8.97. The number of benzene rings is 2. The third-order valence-electron chi connectivity index (χ3n) is 4.43. The van der Waals surface area contributed by atoms with Gasteiger partial charge in [-0.2, -0.15) is 5.26 Å². The fourth-order valence-corrected chi connectivity index (χ4v) is 3.25. The maximum atomic E-state index is 12.3. The number of hydrogen-bond acceptors (Lipinski definition) is 4. The fraction of sp³-hybridized carbons (Fsp3) is 0.300. The molecule has 0 heterocycles. The third-order valence-corrected chi connectivity index (χ3v) is 4.75. The molecular formula is C20H20ClN3O2. The summed E-state index contributed by atoms with van der Waals surface area (Å²) in [7, 11) is 0. The van der Waals surface area contributed by atoms with Crippen molar-refractivity contribution in [3.63, 3.8) is 0 Å². The SMILES string of the molecule is N#CC1(NC(=O)CNc2ccccc2Oc2ccccc2Cl)CCCC1. The average Bonchev–Trinajstić information content (AvgIpc) is 3.12. The summed E-state index contributed by atoms with van der Waals surface area (Å²) in [6.07, 6.45) is 3.36. The number of carbonyl (C=O) groups excluding carboxylic acids is 1. The van der Waals surface area contributed by atoms with Crippen LogP contribution in [0.5, 0.6) is 11.5 Å². The number of ether oxygens (including phenoxy) is 1. The lowest BCUT2D eigenvalue weighted by atomic mass is 10.00. The van der Waals surface area contributed by atoms with Gasteiger partial charge in [0.25, 0.3) is 0 Å². The van der Waals surface area contributed by atoms with Crippen LogP contribution < -0.4 is 15.4 Å². The second-order valence-electron chi connectivity index (χ2n) is 6.33. The Bertz CT molecular complexity index is 826. The Balaban J connectivity index is 1.64. The summed E-state index contributed by atoms with van der Waals surface area (Å²) >= 11 is 6.14. The summed E-state index contributed by atoms with van der Waals surface area (Å²) in [5.41, 5.74) is -0.0354. The maximum absolute atomic E-state index is 12.3. The number of nitrogens with one attached hydrogen (secondary N) is 2.